The number of hydrogen-bond acceptors (Lipinski definition) is 3. The Labute approximate surface area is 93.3 Å². The molecule has 0 aliphatic heterocycles. The SMILES string of the molecule is O=C(O)c1cc2cc(CO)cc(Br)c2o1. The van der Waals surface area contributed by atoms with E-state index in [-0.39, 0.29) is 12.4 Å². The molecule has 78 valence electrons. The van der Waals surface area contributed by atoms with Gasteiger partial charge in [-0.3, -0.25) is 0 Å². The second-order valence-electron chi connectivity index (χ2n) is 3.07. The molecule has 15 heavy (non-hydrogen) atoms. The maximum Gasteiger partial charge on any atom is 0.371 e. The van der Waals surface area contributed by atoms with E-state index in [1.807, 2.05) is 0 Å². The number of fused-ring (bicyclic) bond motifs is 1. The third kappa shape index (κ3) is 1.75. The van der Waals surface area contributed by atoms with Crippen molar-refractivity contribution in [3.05, 3.63) is 34.0 Å². The van der Waals surface area contributed by atoms with E-state index >= 15 is 0 Å². The molecule has 0 radical (unpaired) electrons. The smallest absolute Gasteiger partial charge is 0.371 e. The van der Waals surface area contributed by atoms with Crippen LogP contribution in [0.3, 0.4) is 0 Å². The quantitative estimate of drug-likeness (QED) is 0.879. The Balaban J connectivity index is 2.69. The van der Waals surface area contributed by atoms with E-state index in [0.29, 0.717) is 21.0 Å². The van der Waals surface area contributed by atoms with Gasteiger partial charge in [0.2, 0.25) is 5.76 Å². The largest absolute Gasteiger partial charge is 0.475 e. The molecule has 0 aliphatic carbocycles. The van der Waals surface area contributed by atoms with E-state index in [1.54, 1.807) is 12.1 Å². The molecule has 2 aromatic rings. The van der Waals surface area contributed by atoms with Gasteiger partial charge in [-0.05, 0) is 39.7 Å². The zero-order valence-electron chi connectivity index (χ0n) is 7.53. The number of benzene rings is 1. The zero-order chi connectivity index (χ0) is 11.0. The highest BCUT2D eigenvalue weighted by Gasteiger charge is 2.13. The van der Waals surface area contributed by atoms with Gasteiger partial charge in [-0.1, -0.05) is 0 Å². The molecule has 0 amide bonds. The van der Waals surface area contributed by atoms with Crippen molar-refractivity contribution >= 4 is 32.9 Å². The number of carboxylic acid groups (broad SMARTS) is 1. The van der Waals surface area contributed by atoms with Crippen molar-refractivity contribution in [2.24, 2.45) is 0 Å². The van der Waals surface area contributed by atoms with Gasteiger partial charge in [0.1, 0.15) is 5.58 Å². The molecule has 1 aromatic carbocycles. The highest BCUT2D eigenvalue weighted by molar-refractivity contribution is 9.10. The molecule has 5 heteroatoms. The first kappa shape index (κ1) is 10.2. The van der Waals surface area contributed by atoms with Crippen LogP contribution in [0, 0.1) is 0 Å². The number of halogens is 1. The average Bonchev–Trinajstić information content (AvgIpc) is 2.61. The van der Waals surface area contributed by atoms with Crippen molar-refractivity contribution in [1.82, 2.24) is 0 Å². The Morgan fingerprint density at radius 3 is 2.73 bits per heavy atom. The monoisotopic (exact) mass is 270 g/mol. The normalized spacial score (nSPS) is 10.8. The van der Waals surface area contributed by atoms with Gasteiger partial charge in [-0.2, -0.15) is 0 Å². The lowest BCUT2D eigenvalue weighted by atomic mass is 10.2. The maximum atomic E-state index is 10.7. The molecule has 0 fully saturated rings. The van der Waals surface area contributed by atoms with E-state index in [4.69, 9.17) is 14.6 Å². The number of rotatable bonds is 2. The molecule has 2 N–H and O–H groups in total. The van der Waals surface area contributed by atoms with E-state index in [1.165, 1.54) is 6.07 Å². The lowest BCUT2D eigenvalue weighted by molar-refractivity contribution is 0.0665. The van der Waals surface area contributed by atoms with Crippen LogP contribution >= 0.6 is 15.9 Å². The molecular weight excluding hydrogens is 264 g/mol. The summed E-state index contributed by atoms with van der Waals surface area (Å²) in [6, 6.07) is 4.81. The molecule has 0 unspecified atom stereocenters. The summed E-state index contributed by atoms with van der Waals surface area (Å²) in [5, 5.41) is 18.4. The van der Waals surface area contributed by atoms with Crippen molar-refractivity contribution in [1.29, 1.82) is 0 Å². The van der Waals surface area contributed by atoms with E-state index in [0.717, 1.165) is 0 Å². The molecule has 0 saturated carbocycles. The number of aliphatic hydroxyl groups excluding tert-OH is 1. The Morgan fingerprint density at radius 1 is 1.40 bits per heavy atom. The van der Waals surface area contributed by atoms with Crippen molar-refractivity contribution in [3.8, 4) is 0 Å². The Hall–Kier alpha value is -1.33. The number of aliphatic hydroxyl groups is 1. The zero-order valence-corrected chi connectivity index (χ0v) is 9.11. The van der Waals surface area contributed by atoms with Crippen LogP contribution in [0.15, 0.2) is 27.1 Å². The van der Waals surface area contributed by atoms with E-state index in [2.05, 4.69) is 15.9 Å². The highest BCUT2D eigenvalue weighted by Crippen LogP contribution is 2.28. The number of aromatic carboxylic acids is 1. The molecule has 1 heterocycles. The van der Waals surface area contributed by atoms with E-state index in [9.17, 15) is 4.79 Å². The molecule has 0 bridgehead atoms. The standard InChI is InChI=1S/C10H7BrO4/c11-7-2-5(4-12)1-6-3-8(10(13)14)15-9(6)7/h1-3,12H,4H2,(H,13,14). The number of carbonyl (C=O) groups is 1. The second-order valence-corrected chi connectivity index (χ2v) is 3.92. The number of furan rings is 1. The minimum Gasteiger partial charge on any atom is -0.475 e. The van der Waals surface area contributed by atoms with Crippen LogP contribution in [0.5, 0.6) is 0 Å². The molecule has 1 aromatic heterocycles. The van der Waals surface area contributed by atoms with Crippen LogP contribution in [0.2, 0.25) is 0 Å². The Kier molecular flexibility index (Phi) is 2.50. The third-order valence-corrected chi connectivity index (χ3v) is 2.61. The molecule has 2 rings (SSSR count). The number of carboxylic acids is 1. The van der Waals surface area contributed by atoms with Crippen molar-refractivity contribution in [3.63, 3.8) is 0 Å². The number of hydrogen-bond donors (Lipinski definition) is 2. The Bertz CT molecular complexity index is 529. The van der Waals surface area contributed by atoms with Crippen LogP contribution in [0.25, 0.3) is 11.0 Å². The fourth-order valence-corrected chi connectivity index (χ4v) is 1.97. The molecular formula is C10H7BrO4. The van der Waals surface area contributed by atoms with Crippen LogP contribution < -0.4 is 0 Å². The first-order chi connectivity index (χ1) is 7.11. The lowest BCUT2D eigenvalue weighted by Crippen LogP contribution is -1.91. The molecule has 0 saturated heterocycles. The minimum absolute atomic E-state index is 0.0951. The maximum absolute atomic E-state index is 10.7. The second kappa shape index (κ2) is 3.67. The van der Waals surface area contributed by atoms with Crippen molar-refractivity contribution in [2.45, 2.75) is 6.61 Å². The fraction of sp³-hybridized carbons (Fsp3) is 0.100. The fourth-order valence-electron chi connectivity index (χ4n) is 1.37. The summed E-state index contributed by atoms with van der Waals surface area (Å²) in [6.07, 6.45) is 0. The minimum atomic E-state index is -1.11. The summed E-state index contributed by atoms with van der Waals surface area (Å²) in [5.74, 6) is -1.22. The summed E-state index contributed by atoms with van der Waals surface area (Å²) in [5.41, 5.74) is 1.18. The first-order valence-corrected chi connectivity index (χ1v) is 4.97. The van der Waals surface area contributed by atoms with Gasteiger partial charge in [0, 0.05) is 5.39 Å². The summed E-state index contributed by atoms with van der Waals surface area (Å²) in [7, 11) is 0. The van der Waals surface area contributed by atoms with Gasteiger partial charge in [0.05, 0.1) is 11.1 Å². The predicted molar refractivity (Wildman–Crippen MR) is 56.8 cm³/mol. The van der Waals surface area contributed by atoms with E-state index < -0.39 is 5.97 Å². The van der Waals surface area contributed by atoms with Gasteiger partial charge in [-0.25, -0.2) is 4.79 Å². The predicted octanol–water partition coefficient (Wildman–Crippen LogP) is 2.39. The summed E-state index contributed by atoms with van der Waals surface area (Å²) in [4.78, 5) is 10.7. The van der Waals surface area contributed by atoms with Crippen molar-refractivity contribution in [2.75, 3.05) is 0 Å². The molecule has 0 atom stereocenters. The highest BCUT2D eigenvalue weighted by atomic mass is 79.9. The summed E-state index contributed by atoms with van der Waals surface area (Å²) >= 11 is 3.25. The third-order valence-electron chi connectivity index (χ3n) is 2.02. The van der Waals surface area contributed by atoms with Gasteiger partial charge < -0.3 is 14.6 Å². The summed E-state index contributed by atoms with van der Waals surface area (Å²) in [6.45, 7) is -0.0951. The van der Waals surface area contributed by atoms with Crippen molar-refractivity contribution < 1.29 is 19.4 Å². The topological polar surface area (TPSA) is 70.7 Å². The van der Waals surface area contributed by atoms with Gasteiger partial charge in [0.25, 0.3) is 0 Å². The van der Waals surface area contributed by atoms with Gasteiger partial charge in [0.15, 0.2) is 0 Å². The van der Waals surface area contributed by atoms with Crippen LogP contribution in [0.4, 0.5) is 0 Å². The lowest BCUT2D eigenvalue weighted by Gasteiger charge is -1.97. The summed E-state index contributed by atoms with van der Waals surface area (Å²) < 4.78 is 5.77. The molecule has 0 aliphatic rings. The molecule has 4 nitrogen and oxygen atoms in total. The first-order valence-electron chi connectivity index (χ1n) is 4.18. The van der Waals surface area contributed by atoms with Crippen LogP contribution in [0.1, 0.15) is 16.1 Å². The Morgan fingerprint density at radius 2 is 2.13 bits per heavy atom. The molecule has 0 spiro atoms. The average molecular weight is 271 g/mol. The van der Waals surface area contributed by atoms with Crippen LogP contribution in [-0.4, -0.2) is 16.2 Å². The van der Waals surface area contributed by atoms with Gasteiger partial charge in [-0.15, -0.1) is 0 Å². The van der Waals surface area contributed by atoms with Gasteiger partial charge >= 0.3 is 5.97 Å². The van der Waals surface area contributed by atoms with Crippen LogP contribution in [-0.2, 0) is 6.61 Å².